The highest BCUT2D eigenvalue weighted by molar-refractivity contribution is 5.48. The summed E-state index contributed by atoms with van der Waals surface area (Å²) in [4.78, 5) is 0. The van der Waals surface area contributed by atoms with E-state index >= 15 is 0 Å². The third-order valence-electron chi connectivity index (χ3n) is 3.69. The van der Waals surface area contributed by atoms with Gasteiger partial charge in [-0.25, -0.2) is 0 Å². The van der Waals surface area contributed by atoms with Crippen LogP contribution in [0.4, 0.5) is 0 Å². The van der Waals surface area contributed by atoms with E-state index in [-0.39, 0.29) is 0 Å². The summed E-state index contributed by atoms with van der Waals surface area (Å²) in [5.41, 5.74) is 9.53. The predicted octanol–water partition coefficient (Wildman–Crippen LogP) is 3.55. The van der Waals surface area contributed by atoms with Gasteiger partial charge in [0, 0.05) is 7.11 Å². The molecule has 2 heteroatoms. The third-order valence-corrected chi connectivity index (χ3v) is 3.69. The van der Waals surface area contributed by atoms with Gasteiger partial charge < -0.3 is 10.8 Å². The van der Waals surface area contributed by atoms with Crippen molar-refractivity contribution >= 4 is 0 Å². The third kappa shape index (κ3) is 3.08. The van der Waals surface area contributed by atoms with E-state index in [9.17, 15) is 0 Å². The van der Waals surface area contributed by atoms with Crippen molar-refractivity contribution in [1.82, 2.24) is 0 Å². The van der Waals surface area contributed by atoms with Gasteiger partial charge in [-0.15, -0.1) is 0 Å². The molecule has 3 rings (SSSR count). The van der Waals surface area contributed by atoms with Crippen LogP contribution in [0.25, 0.3) is 0 Å². The lowest BCUT2D eigenvalue weighted by Crippen LogP contribution is -2.39. The number of aliphatic hydroxyl groups is 1. The van der Waals surface area contributed by atoms with E-state index in [4.69, 9.17) is 10.8 Å². The van der Waals surface area contributed by atoms with Crippen molar-refractivity contribution in [3.63, 3.8) is 0 Å². The Morgan fingerprint density at radius 1 is 0.545 bits per heavy atom. The second kappa shape index (κ2) is 7.55. The minimum absolute atomic E-state index is 0.621. The van der Waals surface area contributed by atoms with Crippen LogP contribution < -0.4 is 5.73 Å². The maximum Gasteiger partial charge on any atom is 0.0922 e. The van der Waals surface area contributed by atoms with Crippen LogP contribution in [-0.2, 0) is 5.54 Å². The van der Waals surface area contributed by atoms with Crippen LogP contribution in [0.5, 0.6) is 0 Å². The van der Waals surface area contributed by atoms with E-state index in [1.54, 1.807) is 0 Å². The molecule has 3 N–H and O–H groups in total. The zero-order valence-electron chi connectivity index (χ0n) is 12.7. The van der Waals surface area contributed by atoms with E-state index in [0.29, 0.717) is 0 Å². The number of nitrogens with two attached hydrogens (primary N) is 1. The largest absolute Gasteiger partial charge is 0.400 e. The van der Waals surface area contributed by atoms with Gasteiger partial charge in [-0.3, -0.25) is 0 Å². The molecule has 0 aliphatic rings. The monoisotopic (exact) mass is 291 g/mol. The van der Waals surface area contributed by atoms with Crippen molar-refractivity contribution in [2.75, 3.05) is 7.11 Å². The number of hydrogen-bond acceptors (Lipinski definition) is 2. The van der Waals surface area contributed by atoms with Crippen LogP contribution in [0.2, 0.25) is 0 Å². The topological polar surface area (TPSA) is 46.2 Å². The fourth-order valence-electron chi connectivity index (χ4n) is 2.60. The number of benzene rings is 3. The Kier molecular flexibility index (Phi) is 5.48. The van der Waals surface area contributed by atoms with Gasteiger partial charge in [0.1, 0.15) is 0 Å². The van der Waals surface area contributed by atoms with Crippen LogP contribution in [0.3, 0.4) is 0 Å². The zero-order chi connectivity index (χ0) is 15.8. The molecule has 0 bridgehead atoms. The lowest BCUT2D eigenvalue weighted by Gasteiger charge is -2.31. The molecule has 0 spiro atoms. The van der Waals surface area contributed by atoms with Crippen molar-refractivity contribution in [2.24, 2.45) is 5.73 Å². The van der Waals surface area contributed by atoms with Gasteiger partial charge in [0.15, 0.2) is 0 Å². The Balaban J connectivity index is 0.000000847. The summed E-state index contributed by atoms with van der Waals surface area (Å²) in [5.74, 6) is 0. The predicted molar refractivity (Wildman–Crippen MR) is 91.5 cm³/mol. The van der Waals surface area contributed by atoms with Crippen LogP contribution in [-0.4, -0.2) is 12.2 Å². The fraction of sp³-hybridized carbons (Fsp3) is 0.100. The van der Waals surface area contributed by atoms with Crippen molar-refractivity contribution in [2.45, 2.75) is 5.54 Å². The van der Waals surface area contributed by atoms with Gasteiger partial charge in [-0.2, -0.15) is 0 Å². The summed E-state index contributed by atoms with van der Waals surface area (Å²) >= 11 is 0. The molecule has 0 heterocycles. The van der Waals surface area contributed by atoms with Gasteiger partial charge in [-0.1, -0.05) is 91.0 Å². The van der Waals surface area contributed by atoms with E-state index in [0.717, 1.165) is 23.8 Å². The average molecular weight is 291 g/mol. The van der Waals surface area contributed by atoms with E-state index in [2.05, 4.69) is 36.4 Å². The molecule has 0 fully saturated rings. The quantitative estimate of drug-likeness (QED) is 0.725. The summed E-state index contributed by atoms with van der Waals surface area (Å²) in [6, 6.07) is 30.7. The summed E-state index contributed by atoms with van der Waals surface area (Å²) in [6.07, 6.45) is 0. The van der Waals surface area contributed by atoms with Crippen LogP contribution in [0, 0.1) is 0 Å². The van der Waals surface area contributed by atoms with Gasteiger partial charge in [0.2, 0.25) is 0 Å². The molecule has 0 aromatic heterocycles. The van der Waals surface area contributed by atoms with Crippen molar-refractivity contribution in [1.29, 1.82) is 0 Å². The number of aliphatic hydroxyl groups excluding tert-OH is 1. The Morgan fingerprint density at radius 2 is 0.773 bits per heavy atom. The molecule has 2 nitrogen and oxygen atoms in total. The highest BCUT2D eigenvalue weighted by Crippen LogP contribution is 2.33. The summed E-state index contributed by atoms with van der Waals surface area (Å²) in [5, 5.41) is 7.00. The average Bonchev–Trinajstić information content (AvgIpc) is 2.65. The molecule has 0 saturated heterocycles. The minimum Gasteiger partial charge on any atom is -0.400 e. The summed E-state index contributed by atoms with van der Waals surface area (Å²) < 4.78 is 0. The van der Waals surface area contributed by atoms with E-state index in [1.807, 2.05) is 54.6 Å². The molecule has 0 atom stereocenters. The SMILES string of the molecule is CO.NC(c1ccccc1)(c1ccccc1)c1ccccc1. The molecular formula is C20H21NO. The lowest BCUT2D eigenvalue weighted by atomic mass is 9.78. The Hall–Kier alpha value is -2.42. The molecular weight excluding hydrogens is 270 g/mol. The molecule has 112 valence electrons. The van der Waals surface area contributed by atoms with Gasteiger partial charge in [0.25, 0.3) is 0 Å². The lowest BCUT2D eigenvalue weighted by molar-refractivity contribution is 0.399. The summed E-state index contributed by atoms with van der Waals surface area (Å²) in [7, 11) is 1.00. The Morgan fingerprint density at radius 3 is 1.00 bits per heavy atom. The van der Waals surface area contributed by atoms with Crippen LogP contribution in [0.1, 0.15) is 16.7 Å². The first-order valence-electron chi connectivity index (χ1n) is 7.22. The summed E-state index contributed by atoms with van der Waals surface area (Å²) in [6.45, 7) is 0. The molecule has 3 aromatic carbocycles. The van der Waals surface area contributed by atoms with Crippen LogP contribution >= 0.6 is 0 Å². The van der Waals surface area contributed by atoms with Crippen molar-refractivity contribution in [3.8, 4) is 0 Å². The second-order valence-electron chi connectivity index (χ2n) is 4.91. The molecule has 3 aromatic rings. The minimum atomic E-state index is -0.621. The Labute approximate surface area is 131 Å². The smallest absolute Gasteiger partial charge is 0.0922 e. The normalized spacial score (nSPS) is 10.5. The first-order valence-corrected chi connectivity index (χ1v) is 7.22. The van der Waals surface area contributed by atoms with Gasteiger partial charge >= 0.3 is 0 Å². The molecule has 0 aliphatic carbocycles. The standard InChI is InChI=1S/C19H17N.CH4O/c20-19(16-10-4-1-5-11-16,17-12-6-2-7-13-17)18-14-8-3-9-15-18;1-2/h1-15H,20H2;2H,1H3. The first-order chi connectivity index (χ1) is 10.8. The second-order valence-corrected chi connectivity index (χ2v) is 4.91. The molecule has 0 saturated carbocycles. The Bertz CT molecular complexity index is 569. The van der Waals surface area contributed by atoms with E-state index < -0.39 is 5.54 Å². The number of hydrogen-bond donors (Lipinski definition) is 2. The van der Waals surface area contributed by atoms with Gasteiger partial charge in [-0.05, 0) is 16.7 Å². The van der Waals surface area contributed by atoms with Crippen LogP contribution in [0.15, 0.2) is 91.0 Å². The van der Waals surface area contributed by atoms with Gasteiger partial charge in [0.05, 0.1) is 5.54 Å². The fourth-order valence-corrected chi connectivity index (χ4v) is 2.60. The number of rotatable bonds is 3. The molecule has 0 unspecified atom stereocenters. The zero-order valence-corrected chi connectivity index (χ0v) is 12.7. The first kappa shape index (κ1) is 16.0. The van der Waals surface area contributed by atoms with Crippen molar-refractivity contribution in [3.05, 3.63) is 108 Å². The van der Waals surface area contributed by atoms with E-state index in [1.165, 1.54) is 0 Å². The van der Waals surface area contributed by atoms with Crippen molar-refractivity contribution < 1.29 is 5.11 Å². The maximum atomic E-state index is 7.00. The molecule has 22 heavy (non-hydrogen) atoms. The molecule has 0 aliphatic heterocycles. The highest BCUT2D eigenvalue weighted by atomic mass is 16.2. The maximum absolute atomic E-state index is 7.00. The molecule has 0 radical (unpaired) electrons. The highest BCUT2D eigenvalue weighted by Gasteiger charge is 2.31. The molecule has 0 amide bonds.